The van der Waals surface area contributed by atoms with Crippen molar-refractivity contribution < 1.29 is 0 Å². The van der Waals surface area contributed by atoms with Crippen LogP contribution in [-0.2, 0) is 0 Å². The number of allylic oxidation sites excluding steroid dienone is 4. The topological polar surface area (TPSA) is 0 Å². The van der Waals surface area contributed by atoms with E-state index in [9.17, 15) is 0 Å². The minimum atomic E-state index is 0.262. The Morgan fingerprint density at radius 1 is 0.926 bits per heavy atom. The van der Waals surface area contributed by atoms with Gasteiger partial charge in [-0.05, 0) is 66.4 Å². The van der Waals surface area contributed by atoms with Gasteiger partial charge < -0.3 is 0 Å². The van der Waals surface area contributed by atoms with Crippen LogP contribution in [0.25, 0.3) is 0 Å². The zero-order chi connectivity index (χ0) is 21.0. The van der Waals surface area contributed by atoms with Gasteiger partial charge in [0.2, 0.25) is 0 Å². The maximum atomic E-state index is 2.62. The van der Waals surface area contributed by atoms with Gasteiger partial charge in [-0.1, -0.05) is 100 Å². The molecule has 0 aromatic rings. The molecule has 0 fully saturated rings. The smallest absolute Gasteiger partial charge is 0.000359 e. The van der Waals surface area contributed by atoms with E-state index in [1.165, 1.54) is 44.9 Å². The Labute approximate surface area is 172 Å². The summed E-state index contributed by atoms with van der Waals surface area (Å²) in [5.74, 6) is 2.07. The minimum Gasteiger partial charge on any atom is -0.0654 e. The summed E-state index contributed by atoms with van der Waals surface area (Å²) in [6.07, 6.45) is 8.97. The van der Waals surface area contributed by atoms with Crippen LogP contribution >= 0.6 is 0 Å². The van der Waals surface area contributed by atoms with Crippen molar-refractivity contribution in [2.45, 2.75) is 121 Å². The molecule has 0 nitrogen and oxygen atoms in total. The van der Waals surface area contributed by atoms with Gasteiger partial charge >= 0.3 is 0 Å². The summed E-state index contributed by atoms with van der Waals surface area (Å²) in [6, 6.07) is 0. The molecule has 0 heterocycles. The lowest BCUT2D eigenvalue weighted by Crippen LogP contribution is -2.46. The van der Waals surface area contributed by atoms with Crippen molar-refractivity contribution in [3.8, 4) is 0 Å². The van der Waals surface area contributed by atoms with Gasteiger partial charge in [0.1, 0.15) is 0 Å². The van der Waals surface area contributed by atoms with Gasteiger partial charge in [0.05, 0.1) is 0 Å². The summed E-state index contributed by atoms with van der Waals surface area (Å²) < 4.78 is 0. The van der Waals surface area contributed by atoms with Crippen LogP contribution in [0.2, 0.25) is 0 Å². The molecule has 0 aromatic carbocycles. The van der Waals surface area contributed by atoms with Crippen molar-refractivity contribution in [2.24, 2.45) is 28.6 Å². The van der Waals surface area contributed by atoms with E-state index in [0.29, 0.717) is 11.8 Å². The molecule has 2 atom stereocenters. The number of hydrogen-bond acceptors (Lipinski definition) is 0. The molecule has 0 saturated carbocycles. The van der Waals surface area contributed by atoms with Crippen molar-refractivity contribution in [2.75, 3.05) is 0 Å². The predicted molar refractivity (Wildman–Crippen MR) is 124 cm³/mol. The van der Waals surface area contributed by atoms with Crippen molar-refractivity contribution in [3.63, 3.8) is 0 Å². The van der Waals surface area contributed by atoms with Gasteiger partial charge in [-0.25, -0.2) is 0 Å². The second-order valence-electron chi connectivity index (χ2n) is 10.9. The molecule has 0 amide bonds. The van der Waals surface area contributed by atoms with Gasteiger partial charge in [-0.3, -0.25) is 0 Å². The Morgan fingerprint density at radius 2 is 1.52 bits per heavy atom. The van der Waals surface area contributed by atoms with Crippen LogP contribution in [0, 0.1) is 28.6 Å². The highest BCUT2D eigenvalue weighted by Crippen LogP contribution is 2.61. The molecule has 1 aliphatic carbocycles. The molecule has 1 rings (SSSR count). The third-order valence-corrected chi connectivity index (χ3v) is 7.28. The molecule has 2 unspecified atom stereocenters. The Hall–Kier alpha value is -0.520. The highest BCUT2D eigenvalue weighted by Gasteiger charge is 2.51. The molecule has 0 heteroatoms. The third kappa shape index (κ3) is 4.91. The molecule has 0 N–H and O–H groups in total. The molecule has 0 aromatic heterocycles. The van der Waals surface area contributed by atoms with E-state index in [4.69, 9.17) is 0 Å². The summed E-state index contributed by atoms with van der Waals surface area (Å²) in [4.78, 5) is 0. The first-order valence-electron chi connectivity index (χ1n) is 11.9. The summed E-state index contributed by atoms with van der Waals surface area (Å²) in [6.45, 7) is 27.0. The van der Waals surface area contributed by atoms with Crippen LogP contribution in [0.15, 0.2) is 22.3 Å². The Morgan fingerprint density at radius 3 is 1.89 bits per heavy atom. The number of hydrogen-bond donors (Lipinski definition) is 0. The van der Waals surface area contributed by atoms with E-state index in [1.807, 2.05) is 5.57 Å². The van der Waals surface area contributed by atoms with E-state index in [2.05, 4.69) is 76.2 Å². The Bertz CT molecular complexity index is 535. The standard InChI is InChI=1S/C27H50/c1-12-15-17-22-24(18-19(4)5)27(11,26(8,9)10)23(14-3)21(16-13-2)25(22)20(6)7/h19-20,24H,12-18H2,1-11H3. The Balaban J connectivity index is 3.88. The average molecular weight is 375 g/mol. The molecular formula is C27H50. The lowest BCUT2D eigenvalue weighted by molar-refractivity contribution is 0.0695. The van der Waals surface area contributed by atoms with Crippen LogP contribution in [0.5, 0.6) is 0 Å². The van der Waals surface area contributed by atoms with Gasteiger partial charge in [0, 0.05) is 5.41 Å². The van der Waals surface area contributed by atoms with Crippen LogP contribution < -0.4 is 0 Å². The SMILES string of the molecule is CCCCC1=C(C(C)C)C(CCC)=C(CC)C(C)(C(C)(C)C)C1CC(C)C. The van der Waals surface area contributed by atoms with Gasteiger partial charge in [0.25, 0.3) is 0 Å². The summed E-state index contributed by atoms with van der Waals surface area (Å²) >= 11 is 0. The molecule has 0 bridgehead atoms. The van der Waals surface area contributed by atoms with Crippen LogP contribution in [-0.4, -0.2) is 0 Å². The normalized spacial score (nSPS) is 24.6. The van der Waals surface area contributed by atoms with Crippen molar-refractivity contribution in [1.82, 2.24) is 0 Å². The largest absolute Gasteiger partial charge is 0.0654 e. The molecule has 27 heavy (non-hydrogen) atoms. The van der Waals surface area contributed by atoms with E-state index < -0.39 is 0 Å². The quantitative estimate of drug-likeness (QED) is 0.377. The zero-order valence-electron chi connectivity index (χ0n) is 20.7. The second kappa shape index (κ2) is 9.80. The second-order valence-corrected chi connectivity index (χ2v) is 10.9. The van der Waals surface area contributed by atoms with Crippen LogP contribution in [0.1, 0.15) is 121 Å². The molecule has 1 aliphatic rings. The minimum absolute atomic E-state index is 0.262. The lowest BCUT2D eigenvalue weighted by Gasteiger charge is -2.55. The first-order chi connectivity index (χ1) is 12.5. The predicted octanol–water partition coefficient (Wildman–Crippen LogP) is 9.36. The first kappa shape index (κ1) is 24.5. The highest BCUT2D eigenvalue weighted by molar-refractivity contribution is 5.49. The van der Waals surface area contributed by atoms with Gasteiger partial charge in [-0.2, -0.15) is 0 Å². The maximum absolute atomic E-state index is 2.62. The molecule has 0 spiro atoms. The fraction of sp³-hybridized carbons (Fsp3) is 0.852. The third-order valence-electron chi connectivity index (χ3n) is 7.28. The number of rotatable bonds is 9. The molecule has 0 saturated heterocycles. The lowest BCUT2D eigenvalue weighted by atomic mass is 9.49. The average Bonchev–Trinajstić information content (AvgIpc) is 2.54. The van der Waals surface area contributed by atoms with E-state index >= 15 is 0 Å². The maximum Gasteiger partial charge on any atom is 0.000359 e. The molecule has 0 radical (unpaired) electrons. The van der Waals surface area contributed by atoms with Crippen molar-refractivity contribution in [3.05, 3.63) is 22.3 Å². The fourth-order valence-corrected chi connectivity index (χ4v) is 5.75. The fourth-order valence-electron chi connectivity index (χ4n) is 5.75. The van der Waals surface area contributed by atoms with Gasteiger partial charge in [0.15, 0.2) is 0 Å². The van der Waals surface area contributed by atoms with E-state index in [-0.39, 0.29) is 10.8 Å². The van der Waals surface area contributed by atoms with Gasteiger partial charge in [-0.15, -0.1) is 0 Å². The van der Waals surface area contributed by atoms with Crippen LogP contribution in [0.3, 0.4) is 0 Å². The Kier molecular flexibility index (Phi) is 8.90. The molecule has 0 aliphatic heterocycles. The zero-order valence-corrected chi connectivity index (χ0v) is 20.7. The summed E-state index contributed by atoms with van der Waals surface area (Å²) in [5, 5.41) is 0. The summed E-state index contributed by atoms with van der Waals surface area (Å²) in [7, 11) is 0. The monoisotopic (exact) mass is 374 g/mol. The summed E-state index contributed by atoms with van der Waals surface area (Å²) in [5.41, 5.74) is 7.66. The van der Waals surface area contributed by atoms with E-state index in [1.54, 1.807) is 16.7 Å². The highest BCUT2D eigenvalue weighted by atomic mass is 14.5. The first-order valence-corrected chi connectivity index (χ1v) is 11.9. The molecular weight excluding hydrogens is 324 g/mol. The van der Waals surface area contributed by atoms with Crippen molar-refractivity contribution in [1.29, 1.82) is 0 Å². The van der Waals surface area contributed by atoms with E-state index in [0.717, 1.165) is 5.92 Å². The van der Waals surface area contributed by atoms with Crippen LogP contribution in [0.4, 0.5) is 0 Å². The molecule has 158 valence electrons. The number of unbranched alkanes of at least 4 members (excludes halogenated alkanes) is 1. The van der Waals surface area contributed by atoms with Crippen molar-refractivity contribution >= 4 is 0 Å².